The Morgan fingerprint density at radius 3 is 2.24 bits per heavy atom. The van der Waals surface area contributed by atoms with Crippen molar-refractivity contribution in [3.8, 4) is 0 Å². The third-order valence-electron chi connectivity index (χ3n) is 3.03. The normalized spacial score (nSPS) is 11.6. The topological polar surface area (TPSA) is 44.0 Å². The van der Waals surface area contributed by atoms with Crippen molar-refractivity contribution in [1.82, 2.24) is 9.13 Å². The van der Waals surface area contributed by atoms with Gasteiger partial charge in [0.15, 0.2) is 0 Å². The molecule has 0 aliphatic carbocycles. The molecule has 0 N–H and O–H groups in total. The Balaban J connectivity index is 3.15. The molecule has 2 rings (SSSR count). The molecule has 2 aromatic heterocycles. The quantitative estimate of drug-likeness (QED) is 0.776. The number of hydrogen-bond acceptors (Lipinski definition) is 3. The molecule has 0 radical (unpaired) electrons. The van der Waals surface area contributed by atoms with E-state index in [-0.39, 0.29) is 11.2 Å². The van der Waals surface area contributed by atoms with Gasteiger partial charge in [0.2, 0.25) is 0 Å². The molecular weight excluding hydrogens is 236 g/mol. The molecular formula is C12H16N2O2S. The summed E-state index contributed by atoms with van der Waals surface area (Å²) in [5, 5.41) is 0.701. The van der Waals surface area contributed by atoms with Crippen molar-refractivity contribution in [3.05, 3.63) is 30.6 Å². The minimum atomic E-state index is -0.265. The van der Waals surface area contributed by atoms with Crippen LogP contribution >= 0.6 is 11.3 Å². The number of nitrogens with zero attached hydrogens (tertiary/aromatic N) is 2. The zero-order valence-electron chi connectivity index (χ0n) is 10.7. The lowest BCUT2D eigenvalue weighted by Crippen LogP contribution is -2.37. The second kappa shape index (κ2) is 3.84. The van der Waals surface area contributed by atoms with E-state index in [1.165, 1.54) is 11.6 Å². The molecule has 2 aromatic rings. The average molecular weight is 252 g/mol. The van der Waals surface area contributed by atoms with Crippen molar-refractivity contribution >= 4 is 22.2 Å². The number of fused-ring (bicyclic) bond motifs is 1. The van der Waals surface area contributed by atoms with Crippen LogP contribution in [0.3, 0.4) is 0 Å². The lowest BCUT2D eigenvalue weighted by molar-refractivity contribution is 0.712. The Bertz CT molecular complexity index is 704. The Morgan fingerprint density at radius 2 is 1.71 bits per heavy atom. The highest BCUT2D eigenvalue weighted by Crippen LogP contribution is 2.32. The first-order valence-electron chi connectivity index (χ1n) is 5.55. The molecule has 0 saturated carbocycles. The Kier molecular flexibility index (Phi) is 2.73. The summed E-state index contributed by atoms with van der Waals surface area (Å²) in [7, 11) is 3.25. The van der Waals surface area contributed by atoms with Gasteiger partial charge in [-0.1, -0.05) is 13.8 Å². The first-order chi connectivity index (χ1) is 7.86. The van der Waals surface area contributed by atoms with E-state index < -0.39 is 0 Å². The molecule has 92 valence electrons. The lowest BCUT2D eigenvalue weighted by Gasteiger charge is -2.06. The van der Waals surface area contributed by atoms with Gasteiger partial charge in [0, 0.05) is 23.8 Å². The minimum Gasteiger partial charge on any atom is -0.295 e. The van der Waals surface area contributed by atoms with E-state index in [0.29, 0.717) is 11.3 Å². The summed E-state index contributed by atoms with van der Waals surface area (Å²) in [5.41, 5.74) is 0.335. The summed E-state index contributed by atoms with van der Waals surface area (Å²) >= 11 is 1.61. The summed E-state index contributed by atoms with van der Waals surface area (Å²) < 4.78 is 2.74. The number of aryl methyl sites for hydroxylation is 2. The molecule has 4 nitrogen and oxygen atoms in total. The van der Waals surface area contributed by atoms with Crippen molar-refractivity contribution in [2.24, 2.45) is 14.1 Å². The molecule has 0 aromatic carbocycles. The highest BCUT2D eigenvalue weighted by Gasteiger charge is 2.19. The predicted molar refractivity (Wildman–Crippen MR) is 71.1 cm³/mol. The largest absolute Gasteiger partial charge is 0.330 e. The van der Waals surface area contributed by atoms with E-state index >= 15 is 0 Å². The van der Waals surface area contributed by atoms with Gasteiger partial charge in [-0.15, -0.1) is 11.3 Å². The van der Waals surface area contributed by atoms with Crippen LogP contribution in [0.5, 0.6) is 0 Å². The zero-order chi connectivity index (χ0) is 12.9. The van der Waals surface area contributed by atoms with E-state index in [0.717, 1.165) is 15.3 Å². The average Bonchev–Trinajstić information content (AvgIpc) is 2.61. The van der Waals surface area contributed by atoms with Gasteiger partial charge in [-0.25, -0.2) is 4.79 Å². The molecule has 0 bridgehead atoms. The summed E-state index contributed by atoms with van der Waals surface area (Å²) in [6, 6.07) is 0. The Labute approximate surface area is 103 Å². The van der Waals surface area contributed by atoms with Gasteiger partial charge < -0.3 is 0 Å². The highest BCUT2D eigenvalue weighted by molar-refractivity contribution is 7.13. The van der Waals surface area contributed by atoms with E-state index in [1.54, 1.807) is 23.0 Å². The van der Waals surface area contributed by atoms with E-state index in [2.05, 4.69) is 13.8 Å². The summed E-state index contributed by atoms with van der Waals surface area (Å²) in [5.74, 6) is 0.293. The molecule has 0 spiro atoms. The number of rotatable bonds is 1. The summed E-state index contributed by atoms with van der Waals surface area (Å²) in [6.07, 6.45) is 0. The SMILES string of the molecule is Cc1sc(C(C)C)c2c(=O)n(C)c(=O)n(C)c12. The lowest BCUT2D eigenvalue weighted by atomic mass is 10.1. The van der Waals surface area contributed by atoms with Crippen LogP contribution in [-0.4, -0.2) is 9.13 Å². The number of hydrogen-bond donors (Lipinski definition) is 0. The van der Waals surface area contributed by atoms with Crippen LogP contribution < -0.4 is 11.2 Å². The summed E-state index contributed by atoms with van der Waals surface area (Å²) in [4.78, 5) is 26.2. The molecule has 0 fully saturated rings. The van der Waals surface area contributed by atoms with Crippen LogP contribution in [0.1, 0.15) is 29.5 Å². The van der Waals surface area contributed by atoms with Crippen LogP contribution in [0.25, 0.3) is 10.9 Å². The standard InChI is InChI=1S/C12H16N2O2S/c1-6(2)10-8-9(7(3)17-10)13(4)12(16)14(5)11(8)15/h6H,1-5H3. The molecule has 0 aliphatic heterocycles. The van der Waals surface area contributed by atoms with Crippen LogP contribution in [-0.2, 0) is 14.1 Å². The fourth-order valence-corrected chi connectivity index (χ4v) is 3.34. The van der Waals surface area contributed by atoms with E-state index in [4.69, 9.17) is 0 Å². The number of aromatic nitrogens is 2. The number of thiophene rings is 1. The van der Waals surface area contributed by atoms with Crippen molar-refractivity contribution in [2.45, 2.75) is 26.7 Å². The molecule has 5 heteroatoms. The van der Waals surface area contributed by atoms with Crippen LogP contribution in [0.15, 0.2) is 9.59 Å². The first kappa shape index (κ1) is 12.1. The van der Waals surface area contributed by atoms with Gasteiger partial charge in [-0.05, 0) is 12.8 Å². The smallest absolute Gasteiger partial charge is 0.295 e. The Morgan fingerprint density at radius 1 is 1.12 bits per heavy atom. The van der Waals surface area contributed by atoms with Crippen molar-refractivity contribution in [1.29, 1.82) is 0 Å². The molecule has 2 heterocycles. The van der Waals surface area contributed by atoms with Gasteiger partial charge in [-0.3, -0.25) is 13.9 Å². The molecule has 17 heavy (non-hydrogen) atoms. The molecule has 0 unspecified atom stereocenters. The predicted octanol–water partition coefficient (Wildman–Crippen LogP) is 1.73. The molecule has 0 saturated heterocycles. The maximum atomic E-state index is 12.2. The second-order valence-electron chi connectivity index (χ2n) is 4.61. The van der Waals surface area contributed by atoms with Gasteiger partial charge in [-0.2, -0.15) is 0 Å². The highest BCUT2D eigenvalue weighted by atomic mass is 32.1. The Hall–Kier alpha value is -1.36. The third-order valence-corrected chi connectivity index (χ3v) is 4.43. The van der Waals surface area contributed by atoms with Crippen molar-refractivity contribution in [2.75, 3.05) is 0 Å². The van der Waals surface area contributed by atoms with Gasteiger partial charge in [0.25, 0.3) is 5.56 Å². The van der Waals surface area contributed by atoms with E-state index in [9.17, 15) is 9.59 Å². The monoisotopic (exact) mass is 252 g/mol. The van der Waals surface area contributed by atoms with Crippen LogP contribution in [0, 0.1) is 6.92 Å². The first-order valence-corrected chi connectivity index (χ1v) is 6.37. The van der Waals surface area contributed by atoms with Gasteiger partial charge in [0.1, 0.15) is 0 Å². The fourth-order valence-electron chi connectivity index (χ4n) is 2.15. The van der Waals surface area contributed by atoms with E-state index in [1.807, 2.05) is 6.92 Å². The second-order valence-corrected chi connectivity index (χ2v) is 5.86. The minimum absolute atomic E-state index is 0.184. The molecule has 0 atom stereocenters. The van der Waals surface area contributed by atoms with Gasteiger partial charge >= 0.3 is 5.69 Å². The van der Waals surface area contributed by atoms with Gasteiger partial charge in [0.05, 0.1) is 10.9 Å². The zero-order valence-corrected chi connectivity index (χ0v) is 11.5. The molecule has 0 amide bonds. The van der Waals surface area contributed by atoms with Crippen LogP contribution in [0.2, 0.25) is 0 Å². The third kappa shape index (κ3) is 1.57. The fraction of sp³-hybridized carbons (Fsp3) is 0.500. The van der Waals surface area contributed by atoms with Crippen molar-refractivity contribution < 1.29 is 0 Å². The maximum absolute atomic E-state index is 12.2. The summed E-state index contributed by atoms with van der Waals surface area (Å²) in [6.45, 7) is 6.09. The maximum Gasteiger partial charge on any atom is 0.330 e. The molecule has 0 aliphatic rings. The van der Waals surface area contributed by atoms with Crippen molar-refractivity contribution in [3.63, 3.8) is 0 Å². The van der Waals surface area contributed by atoms with Crippen LogP contribution in [0.4, 0.5) is 0 Å².